The average molecular weight is 932 g/mol. The Balaban J connectivity index is 1.05. The molecule has 1 aromatic heterocycles. The van der Waals surface area contributed by atoms with Crippen LogP contribution in [0.1, 0.15) is 5.48 Å². The van der Waals surface area contributed by atoms with Crippen molar-refractivity contribution < 1.29 is 5.48 Å². The Morgan fingerprint density at radius 2 is 0.479 bits per heavy atom. The minimum atomic E-state index is 0.466. The van der Waals surface area contributed by atoms with Gasteiger partial charge < -0.3 is 4.57 Å². The van der Waals surface area contributed by atoms with E-state index in [1.165, 1.54) is 0 Å². The molecule has 0 aliphatic heterocycles. The van der Waals surface area contributed by atoms with Crippen molar-refractivity contribution in [2.24, 2.45) is 0 Å². The van der Waals surface area contributed by atoms with E-state index in [2.05, 4.69) is 180 Å². The molecule has 0 N–H and O–H groups in total. The van der Waals surface area contributed by atoms with Crippen LogP contribution in [0, 0.1) is 0 Å². The number of nitrogens with zero attached hydrogens (tertiary/aromatic N) is 1. The highest BCUT2D eigenvalue weighted by Crippen LogP contribution is 2.43. The van der Waals surface area contributed by atoms with Gasteiger partial charge >= 0.3 is 0 Å². The molecule has 1 heteroatoms. The summed E-state index contributed by atoms with van der Waals surface area (Å²) in [5.41, 5.74) is 22.6. The van der Waals surface area contributed by atoms with Crippen molar-refractivity contribution in [2.45, 2.75) is 0 Å². The summed E-state index contributed by atoms with van der Waals surface area (Å²) >= 11 is 0. The molecule has 0 bridgehead atoms. The molecular weight excluding hydrogens is 879 g/mol. The average Bonchev–Trinajstić information content (AvgIpc) is 3.86. The number of rotatable bonds is 10. The molecule has 12 aromatic carbocycles. The lowest BCUT2D eigenvalue weighted by atomic mass is 9.92. The van der Waals surface area contributed by atoms with Gasteiger partial charge in [-0.25, -0.2) is 0 Å². The molecule has 0 spiro atoms. The first-order chi connectivity index (χ1) is 37.7. The van der Waals surface area contributed by atoms with Crippen molar-refractivity contribution in [1.29, 1.82) is 0 Å². The van der Waals surface area contributed by atoms with E-state index < -0.39 is 0 Å². The summed E-state index contributed by atoms with van der Waals surface area (Å²) in [6, 6.07) is 96.8. The number of benzene rings is 12. The predicted molar refractivity (Wildman–Crippen MR) is 310 cm³/mol. The van der Waals surface area contributed by atoms with Crippen molar-refractivity contribution in [3.05, 3.63) is 297 Å². The number of fused-ring (bicyclic) bond motifs is 3. The Labute approximate surface area is 432 Å². The van der Waals surface area contributed by atoms with E-state index in [1.807, 2.05) is 97.1 Å². The molecule has 0 aliphatic carbocycles. The highest BCUT2D eigenvalue weighted by atomic mass is 15.0. The van der Waals surface area contributed by atoms with Crippen molar-refractivity contribution in [3.8, 4) is 106 Å². The van der Waals surface area contributed by atoms with Gasteiger partial charge in [-0.2, -0.15) is 0 Å². The van der Waals surface area contributed by atoms with Crippen molar-refractivity contribution in [3.63, 3.8) is 0 Å². The Morgan fingerprint density at radius 1 is 0.205 bits per heavy atom. The molecule has 342 valence electrons. The van der Waals surface area contributed by atoms with Crippen LogP contribution in [0.25, 0.3) is 128 Å². The molecule has 0 fully saturated rings. The molecule has 73 heavy (non-hydrogen) atoms. The van der Waals surface area contributed by atoms with Crippen LogP contribution in [0.5, 0.6) is 0 Å². The SMILES string of the molecule is [2H]c1ccc(-c2cc(-c3ccc([2H])cc3)cc(-c3ccc4c(c3)c3cc(-c5cc(-c6ccc([2H])cc6)cc(-c6ccc([2H])cc6)c5)ccc3n4-c3ccccc3-c3cc(-c4ccccc4)cc(-c4ccccc4)c3)c2)cc1. The lowest BCUT2D eigenvalue weighted by Crippen LogP contribution is -1.98. The quantitative estimate of drug-likeness (QED) is 0.129. The minimum Gasteiger partial charge on any atom is -0.309 e. The first-order valence-electron chi connectivity index (χ1n) is 26.8. The largest absolute Gasteiger partial charge is 0.309 e. The second kappa shape index (κ2) is 19.0. The van der Waals surface area contributed by atoms with Gasteiger partial charge in [0.1, 0.15) is 0 Å². The van der Waals surface area contributed by atoms with E-state index in [0.29, 0.717) is 24.2 Å². The van der Waals surface area contributed by atoms with Crippen molar-refractivity contribution >= 4 is 21.8 Å². The third-order valence-corrected chi connectivity index (χ3v) is 14.1. The molecule has 0 saturated carbocycles. The summed E-state index contributed by atoms with van der Waals surface area (Å²) in [6.07, 6.45) is 0. The van der Waals surface area contributed by atoms with Crippen molar-refractivity contribution in [1.82, 2.24) is 4.57 Å². The molecule has 0 radical (unpaired) electrons. The van der Waals surface area contributed by atoms with Gasteiger partial charge in [0, 0.05) is 16.3 Å². The number of hydrogen-bond donors (Lipinski definition) is 0. The predicted octanol–water partition coefficient (Wildman–Crippen LogP) is 19.8. The lowest BCUT2D eigenvalue weighted by molar-refractivity contribution is 1.18. The summed E-state index contributed by atoms with van der Waals surface area (Å²) in [6.45, 7) is 0. The molecule has 0 aliphatic rings. The maximum absolute atomic E-state index is 8.24. The summed E-state index contributed by atoms with van der Waals surface area (Å²) in [5.74, 6) is 0. The number of hydrogen-bond acceptors (Lipinski definition) is 0. The highest BCUT2D eigenvalue weighted by Gasteiger charge is 2.20. The summed E-state index contributed by atoms with van der Waals surface area (Å²) in [5, 5.41) is 2.21. The van der Waals surface area contributed by atoms with Gasteiger partial charge in [0.25, 0.3) is 0 Å². The first kappa shape index (κ1) is 39.2. The molecular formula is C72H49N. The Kier molecular flexibility index (Phi) is 10.2. The topological polar surface area (TPSA) is 4.93 Å². The Hall–Kier alpha value is -9.56. The Bertz CT molecular complexity index is 3930. The van der Waals surface area contributed by atoms with Crippen LogP contribution in [0.4, 0.5) is 0 Å². The van der Waals surface area contributed by atoms with E-state index in [0.717, 1.165) is 128 Å². The third-order valence-electron chi connectivity index (χ3n) is 14.1. The highest BCUT2D eigenvalue weighted by molar-refractivity contribution is 6.12. The number of para-hydroxylation sites is 1. The van der Waals surface area contributed by atoms with Crippen LogP contribution in [0.2, 0.25) is 0 Å². The molecule has 0 atom stereocenters. The zero-order valence-electron chi connectivity index (χ0n) is 43.9. The molecule has 13 aromatic rings. The van der Waals surface area contributed by atoms with Gasteiger partial charge in [-0.3, -0.25) is 0 Å². The maximum Gasteiger partial charge on any atom is 0.0623 e. The summed E-state index contributed by atoms with van der Waals surface area (Å²) < 4.78 is 35.4. The fourth-order valence-corrected chi connectivity index (χ4v) is 10.5. The van der Waals surface area contributed by atoms with Crippen LogP contribution in [-0.2, 0) is 0 Å². The lowest BCUT2D eigenvalue weighted by Gasteiger charge is -2.17. The minimum absolute atomic E-state index is 0.466. The van der Waals surface area contributed by atoms with E-state index >= 15 is 0 Å². The molecule has 0 saturated heterocycles. The van der Waals surface area contributed by atoms with Crippen LogP contribution in [0.3, 0.4) is 0 Å². The zero-order chi connectivity index (χ0) is 52.0. The van der Waals surface area contributed by atoms with E-state index in [1.54, 1.807) is 0 Å². The maximum atomic E-state index is 8.24. The van der Waals surface area contributed by atoms with Crippen LogP contribution in [0.15, 0.2) is 297 Å². The third kappa shape index (κ3) is 8.54. The van der Waals surface area contributed by atoms with Crippen LogP contribution in [-0.4, -0.2) is 4.57 Å². The van der Waals surface area contributed by atoms with Gasteiger partial charge in [0.05, 0.1) is 22.2 Å². The number of aromatic nitrogens is 1. The van der Waals surface area contributed by atoms with Crippen LogP contribution >= 0.6 is 0 Å². The fourth-order valence-electron chi connectivity index (χ4n) is 10.5. The van der Waals surface area contributed by atoms with Crippen LogP contribution < -0.4 is 0 Å². The molecule has 1 heterocycles. The van der Waals surface area contributed by atoms with Gasteiger partial charge in [-0.1, -0.05) is 212 Å². The first-order valence-corrected chi connectivity index (χ1v) is 24.8. The molecule has 1 nitrogen and oxygen atoms in total. The fraction of sp³-hybridized carbons (Fsp3) is 0. The van der Waals surface area contributed by atoms with E-state index in [4.69, 9.17) is 5.48 Å². The molecule has 13 rings (SSSR count). The normalized spacial score (nSPS) is 12.1. The zero-order valence-corrected chi connectivity index (χ0v) is 39.9. The summed E-state index contributed by atoms with van der Waals surface area (Å²) in [4.78, 5) is 0. The van der Waals surface area contributed by atoms with Gasteiger partial charge in [0.2, 0.25) is 0 Å². The van der Waals surface area contributed by atoms with Gasteiger partial charge in [0.15, 0.2) is 0 Å². The van der Waals surface area contributed by atoms with Gasteiger partial charge in [-0.05, 0) is 180 Å². The standard InChI is InChI=1S/C72H49N/c1-7-21-50(22-8-1)58-39-59(51-23-9-2-10-24-51)43-64(42-58)56-35-37-71-68(48-56)69-49-57(65-44-60(52-25-11-3-12-26-52)40-61(45-65)53-27-13-4-14-28-53)36-38-72(69)73(71)70-34-20-19-33-67(70)66-46-62(54-29-15-5-16-30-54)41-63(47-66)55-31-17-6-18-32-55/h1-49H/i1D,2D,3D,4D. The van der Waals surface area contributed by atoms with E-state index in [9.17, 15) is 0 Å². The molecule has 0 amide bonds. The summed E-state index contributed by atoms with van der Waals surface area (Å²) in [7, 11) is 0. The van der Waals surface area contributed by atoms with E-state index in [-0.39, 0.29) is 0 Å². The second-order valence-electron chi connectivity index (χ2n) is 18.6. The Morgan fingerprint density at radius 3 is 0.822 bits per heavy atom. The van der Waals surface area contributed by atoms with Gasteiger partial charge in [-0.15, -0.1) is 0 Å². The molecule has 0 unspecified atom stereocenters. The monoisotopic (exact) mass is 931 g/mol. The van der Waals surface area contributed by atoms with Crippen molar-refractivity contribution in [2.75, 3.05) is 0 Å². The second-order valence-corrected chi connectivity index (χ2v) is 18.6. The smallest absolute Gasteiger partial charge is 0.0623 e.